The number of esters is 1. The summed E-state index contributed by atoms with van der Waals surface area (Å²) in [6, 6.07) is 0. The van der Waals surface area contributed by atoms with Gasteiger partial charge in [-0.25, -0.2) is 4.79 Å². The topological polar surface area (TPSA) is 50.2 Å². The molecule has 0 atom stereocenters. The molecule has 1 rings (SSSR count). The predicted molar refractivity (Wildman–Crippen MR) is 48.8 cm³/mol. The van der Waals surface area contributed by atoms with Crippen LogP contribution in [-0.2, 0) is 9.53 Å². The molecule has 0 spiro atoms. The molecule has 0 bridgehead atoms. The molecule has 0 radical (unpaired) electrons. The molecule has 1 aliphatic carbocycles. The molecule has 0 aromatic rings. The van der Waals surface area contributed by atoms with Crippen LogP contribution >= 0.6 is 12.4 Å². The summed E-state index contributed by atoms with van der Waals surface area (Å²) in [6.45, 7) is 0. The van der Waals surface area contributed by atoms with Crippen molar-refractivity contribution < 1.29 is 9.53 Å². The Morgan fingerprint density at radius 2 is 2.33 bits per heavy atom. The highest BCUT2D eigenvalue weighted by Crippen LogP contribution is 2.09. The quantitative estimate of drug-likeness (QED) is 0.633. The van der Waals surface area contributed by atoms with Gasteiger partial charge in [-0.3, -0.25) is 0 Å². The number of rotatable bonds is 1. The Hall–Kier alpha value is -1.09. The summed E-state index contributed by atoms with van der Waals surface area (Å²) in [5, 5.41) is 7.36. The first kappa shape index (κ1) is 10.9. The molecule has 0 aliphatic heterocycles. The fourth-order valence-corrected chi connectivity index (χ4v) is 0.862. The number of ether oxygens (including phenoxy) is 1. The van der Waals surface area contributed by atoms with Gasteiger partial charge in [0.05, 0.1) is 12.7 Å². The van der Waals surface area contributed by atoms with Gasteiger partial charge in [0.1, 0.15) is 0 Å². The average Bonchev–Trinajstić information content (AvgIpc) is 2.04. The Morgan fingerprint density at radius 3 is 2.83 bits per heavy atom. The molecular weight excluding hydrogens is 178 g/mol. The van der Waals surface area contributed by atoms with E-state index in [1.807, 2.05) is 6.08 Å². The first-order chi connectivity index (χ1) is 5.25. The van der Waals surface area contributed by atoms with E-state index in [2.05, 4.69) is 4.74 Å². The van der Waals surface area contributed by atoms with Crippen molar-refractivity contribution in [3.05, 3.63) is 23.8 Å². The molecule has 0 unspecified atom stereocenters. The fourth-order valence-electron chi connectivity index (χ4n) is 0.862. The third-order valence-corrected chi connectivity index (χ3v) is 1.45. The molecule has 1 N–H and O–H groups in total. The van der Waals surface area contributed by atoms with E-state index in [1.165, 1.54) is 7.11 Å². The zero-order valence-corrected chi connectivity index (χ0v) is 7.48. The number of hydrogen-bond acceptors (Lipinski definition) is 3. The Morgan fingerprint density at radius 1 is 1.67 bits per heavy atom. The van der Waals surface area contributed by atoms with Gasteiger partial charge in [-0.05, 0) is 6.08 Å². The molecule has 0 saturated heterocycles. The monoisotopic (exact) mass is 187 g/mol. The molecule has 0 amide bonds. The molecule has 0 aromatic heterocycles. The average molecular weight is 188 g/mol. The normalized spacial score (nSPS) is 14.8. The summed E-state index contributed by atoms with van der Waals surface area (Å²) in [5.41, 5.74) is 0.675. The van der Waals surface area contributed by atoms with Crippen molar-refractivity contribution in [2.45, 2.75) is 6.42 Å². The van der Waals surface area contributed by atoms with Gasteiger partial charge in [-0.15, -0.1) is 12.4 Å². The van der Waals surface area contributed by atoms with E-state index in [9.17, 15) is 4.79 Å². The van der Waals surface area contributed by atoms with Crippen LogP contribution in [0.4, 0.5) is 0 Å². The fraction of sp³-hybridized carbons (Fsp3) is 0.250. The number of carbonyl (C=O) groups excluding carboxylic acids is 1. The lowest BCUT2D eigenvalue weighted by Crippen LogP contribution is -2.14. The van der Waals surface area contributed by atoms with Crippen molar-refractivity contribution in [2.75, 3.05) is 7.11 Å². The molecule has 0 fully saturated rings. The van der Waals surface area contributed by atoms with Crippen molar-refractivity contribution in [1.82, 2.24) is 0 Å². The second-order valence-electron chi connectivity index (χ2n) is 2.18. The maximum atomic E-state index is 10.9. The van der Waals surface area contributed by atoms with Gasteiger partial charge in [0, 0.05) is 12.1 Å². The van der Waals surface area contributed by atoms with E-state index in [1.54, 1.807) is 12.2 Å². The Balaban J connectivity index is 0.00000121. The van der Waals surface area contributed by atoms with E-state index < -0.39 is 5.97 Å². The number of nitrogens with one attached hydrogen (secondary N) is 1. The first-order valence-corrected chi connectivity index (χ1v) is 3.28. The molecule has 0 aromatic carbocycles. The van der Waals surface area contributed by atoms with Crippen LogP contribution in [0.25, 0.3) is 0 Å². The van der Waals surface area contributed by atoms with Crippen LogP contribution < -0.4 is 0 Å². The van der Waals surface area contributed by atoms with E-state index in [-0.39, 0.29) is 12.4 Å². The van der Waals surface area contributed by atoms with Crippen molar-refractivity contribution in [3.8, 4) is 0 Å². The molecular formula is C8H10ClNO2. The zero-order valence-electron chi connectivity index (χ0n) is 6.66. The lowest BCUT2D eigenvalue weighted by atomic mass is 10.0. The number of allylic oxidation sites excluding steroid dienone is 3. The molecule has 0 heterocycles. The molecule has 12 heavy (non-hydrogen) atoms. The van der Waals surface area contributed by atoms with Crippen molar-refractivity contribution in [1.29, 1.82) is 5.41 Å². The summed E-state index contributed by atoms with van der Waals surface area (Å²) in [5.74, 6) is -0.431. The SMILES string of the molecule is COC(=O)C1=CC=CCC1=N.Cl. The molecule has 4 heteroatoms. The number of halogens is 1. The van der Waals surface area contributed by atoms with Gasteiger partial charge in [-0.1, -0.05) is 12.2 Å². The summed E-state index contributed by atoms with van der Waals surface area (Å²) in [7, 11) is 1.31. The largest absolute Gasteiger partial charge is 0.465 e. The first-order valence-electron chi connectivity index (χ1n) is 3.28. The van der Waals surface area contributed by atoms with Crippen LogP contribution in [0, 0.1) is 5.41 Å². The van der Waals surface area contributed by atoms with Crippen LogP contribution in [0.15, 0.2) is 23.8 Å². The zero-order chi connectivity index (χ0) is 8.27. The Labute approximate surface area is 77.0 Å². The van der Waals surface area contributed by atoms with Crippen LogP contribution in [0.2, 0.25) is 0 Å². The molecule has 3 nitrogen and oxygen atoms in total. The van der Waals surface area contributed by atoms with Crippen molar-refractivity contribution >= 4 is 24.1 Å². The summed E-state index contributed by atoms with van der Waals surface area (Å²) >= 11 is 0. The van der Waals surface area contributed by atoms with Gasteiger partial charge < -0.3 is 10.1 Å². The number of hydrogen-bond donors (Lipinski definition) is 1. The van der Waals surface area contributed by atoms with Gasteiger partial charge >= 0.3 is 5.97 Å². The maximum absolute atomic E-state index is 10.9. The van der Waals surface area contributed by atoms with Crippen LogP contribution in [-0.4, -0.2) is 18.8 Å². The minimum atomic E-state index is -0.431. The van der Waals surface area contributed by atoms with Crippen LogP contribution in [0.1, 0.15) is 6.42 Å². The van der Waals surface area contributed by atoms with Gasteiger partial charge in [0.15, 0.2) is 0 Å². The third kappa shape index (κ3) is 2.20. The second kappa shape index (κ2) is 4.72. The predicted octanol–water partition coefficient (Wildman–Crippen LogP) is 1.49. The van der Waals surface area contributed by atoms with E-state index in [0.29, 0.717) is 17.7 Å². The highest BCUT2D eigenvalue weighted by molar-refractivity contribution is 6.19. The van der Waals surface area contributed by atoms with Crippen molar-refractivity contribution in [2.24, 2.45) is 0 Å². The molecule has 66 valence electrons. The van der Waals surface area contributed by atoms with Gasteiger partial charge in [-0.2, -0.15) is 0 Å². The molecule has 1 aliphatic rings. The Bertz CT molecular complexity index is 256. The second-order valence-corrected chi connectivity index (χ2v) is 2.18. The van der Waals surface area contributed by atoms with Crippen molar-refractivity contribution in [3.63, 3.8) is 0 Å². The standard InChI is InChI=1S/C8H9NO2.ClH/c1-11-8(10)6-4-2-3-5-7(6)9;/h2-4,9H,5H2,1H3;1H. The maximum Gasteiger partial charge on any atom is 0.339 e. The minimum Gasteiger partial charge on any atom is -0.465 e. The van der Waals surface area contributed by atoms with E-state index >= 15 is 0 Å². The van der Waals surface area contributed by atoms with Crippen LogP contribution in [0.3, 0.4) is 0 Å². The number of carbonyl (C=O) groups is 1. The number of methoxy groups -OCH3 is 1. The Kier molecular flexibility index (Phi) is 4.29. The van der Waals surface area contributed by atoms with Gasteiger partial charge in [0.25, 0.3) is 0 Å². The minimum absolute atomic E-state index is 0. The lowest BCUT2D eigenvalue weighted by Gasteiger charge is -2.06. The summed E-state index contributed by atoms with van der Waals surface area (Å²) < 4.78 is 4.48. The van der Waals surface area contributed by atoms with Crippen LogP contribution in [0.5, 0.6) is 0 Å². The summed E-state index contributed by atoms with van der Waals surface area (Å²) in [6.07, 6.45) is 5.69. The van der Waals surface area contributed by atoms with E-state index in [4.69, 9.17) is 5.41 Å². The third-order valence-electron chi connectivity index (χ3n) is 1.45. The lowest BCUT2D eigenvalue weighted by molar-refractivity contribution is -0.135. The van der Waals surface area contributed by atoms with Gasteiger partial charge in [0.2, 0.25) is 0 Å². The van der Waals surface area contributed by atoms with E-state index in [0.717, 1.165) is 0 Å². The highest BCUT2D eigenvalue weighted by atomic mass is 35.5. The smallest absolute Gasteiger partial charge is 0.339 e. The highest BCUT2D eigenvalue weighted by Gasteiger charge is 2.14. The molecule has 0 saturated carbocycles. The summed E-state index contributed by atoms with van der Waals surface area (Å²) in [4.78, 5) is 10.9.